The maximum Gasteiger partial charge on any atom is 0.235 e. The Balaban J connectivity index is 1.28. The van der Waals surface area contributed by atoms with Crippen LogP contribution in [0, 0.1) is 0 Å². The van der Waals surface area contributed by atoms with E-state index in [1.807, 2.05) is 11.3 Å². The zero-order valence-electron chi connectivity index (χ0n) is 27.1. The molecule has 8 aromatic carbocycles. The third kappa shape index (κ3) is 3.63. The molecule has 0 N–H and O–H groups in total. The summed E-state index contributed by atoms with van der Waals surface area (Å²) in [6.07, 6.45) is 0. The Hall–Kier alpha value is -6.56. The molecule has 236 valence electrons. The van der Waals surface area contributed by atoms with Crippen molar-refractivity contribution in [2.24, 2.45) is 0 Å². The van der Waals surface area contributed by atoms with Crippen molar-refractivity contribution in [2.45, 2.75) is 0 Å². The fourth-order valence-corrected chi connectivity index (χ4v) is 9.67. The quantitative estimate of drug-likeness (QED) is 0.184. The molecule has 4 heterocycles. The van der Waals surface area contributed by atoms with Crippen LogP contribution < -0.4 is 0 Å². The van der Waals surface area contributed by atoms with Gasteiger partial charge < -0.3 is 4.42 Å². The van der Waals surface area contributed by atoms with E-state index in [4.69, 9.17) is 14.4 Å². The van der Waals surface area contributed by atoms with E-state index in [0.717, 1.165) is 65.9 Å². The van der Waals surface area contributed by atoms with Gasteiger partial charge in [-0.15, -0.1) is 11.3 Å². The highest BCUT2D eigenvalue weighted by molar-refractivity contribution is 7.26. The average Bonchev–Trinajstić information content (AvgIpc) is 3.88. The number of furan rings is 1. The molecule has 0 bridgehead atoms. The van der Waals surface area contributed by atoms with E-state index in [-0.39, 0.29) is 0 Å². The molecule has 0 aliphatic heterocycles. The second kappa shape index (κ2) is 10.0. The minimum atomic E-state index is 0.620. The number of fused-ring (bicyclic) bond motifs is 16. The smallest absolute Gasteiger partial charge is 0.235 e. The first kappa shape index (κ1) is 27.3. The Morgan fingerprint density at radius 2 is 1.18 bits per heavy atom. The number of nitrogens with zero attached hydrogens (tertiary/aromatic N) is 3. The molecule has 0 spiro atoms. The topological polar surface area (TPSA) is 43.9 Å². The molecule has 5 heteroatoms. The molecule has 0 saturated heterocycles. The monoisotopic (exact) mass is 667 g/mol. The lowest BCUT2D eigenvalue weighted by atomic mass is 9.96. The van der Waals surface area contributed by atoms with Crippen LogP contribution in [0.3, 0.4) is 0 Å². The molecule has 0 aliphatic rings. The number of hydrogen-bond acceptors (Lipinski definition) is 4. The number of benzene rings is 8. The minimum absolute atomic E-state index is 0.620. The minimum Gasteiger partial charge on any atom is -0.454 e. The maximum atomic E-state index is 6.99. The van der Waals surface area contributed by atoms with Crippen molar-refractivity contribution in [3.63, 3.8) is 0 Å². The van der Waals surface area contributed by atoms with E-state index in [0.29, 0.717) is 5.95 Å². The van der Waals surface area contributed by atoms with Crippen LogP contribution in [-0.2, 0) is 0 Å². The summed E-state index contributed by atoms with van der Waals surface area (Å²) in [6.45, 7) is 0. The summed E-state index contributed by atoms with van der Waals surface area (Å²) in [5, 5.41) is 12.8. The molecule has 0 unspecified atom stereocenters. The molecule has 0 aliphatic carbocycles. The van der Waals surface area contributed by atoms with Gasteiger partial charge in [0.1, 0.15) is 11.1 Å². The van der Waals surface area contributed by atoms with E-state index in [1.54, 1.807) is 0 Å². The molecule has 12 aromatic rings. The fraction of sp³-hybridized carbons (Fsp3) is 0. The van der Waals surface area contributed by atoms with Gasteiger partial charge in [-0.05, 0) is 45.8 Å². The highest BCUT2D eigenvalue weighted by Gasteiger charge is 2.25. The first-order chi connectivity index (χ1) is 25.3. The summed E-state index contributed by atoms with van der Waals surface area (Å²) in [5.41, 5.74) is 6.66. The SMILES string of the molecule is c1ccc2c(c1)ccc1oc3c(c4ccccc4c4c5ccccc5n(-c5nc(-c6cccc7c6sc6ccccc67)c6ccccc6n5)c34)c12. The van der Waals surface area contributed by atoms with Crippen LogP contribution in [-0.4, -0.2) is 14.5 Å². The Labute approximate surface area is 294 Å². The summed E-state index contributed by atoms with van der Waals surface area (Å²) in [5.74, 6) is 0.620. The van der Waals surface area contributed by atoms with Crippen molar-refractivity contribution in [1.29, 1.82) is 0 Å². The van der Waals surface area contributed by atoms with Gasteiger partial charge in [-0.1, -0.05) is 127 Å². The van der Waals surface area contributed by atoms with Gasteiger partial charge in [0, 0.05) is 52.7 Å². The van der Waals surface area contributed by atoms with Crippen molar-refractivity contribution < 1.29 is 4.42 Å². The molecule has 0 radical (unpaired) electrons. The van der Waals surface area contributed by atoms with Gasteiger partial charge in [-0.3, -0.25) is 4.57 Å². The molecule has 0 atom stereocenters. The van der Waals surface area contributed by atoms with Crippen molar-refractivity contribution in [2.75, 3.05) is 0 Å². The molecule has 51 heavy (non-hydrogen) atoms. The summed E-state index contributed by atoms with van der Waals surface area (Å²) in [7, 11) is 0. The third-order valence-electron chi connectivity index (χ3n) is 10.6. The van der Waals surface area contributed by atoms with Crippen LogP contribution >= 0.6 is 11.3 Å². The lowest BCUT2D eigenvalue weighted by molar-refractivity contribution is 0.671. The first-order valence-corrected chi connectivity index (χ1v) is 18.0. The first-order valence-electron chi connectivity index (χ1n) is 17.2. The molecule has 12 rings (SSSR count). The number of hydrogen-bond donors (Lipinski definition) is 0. The Bertz CT molecular complexity index is 3440. The summed E-state index contributed by atoms with van der Waals surface area (Å²) in [4.78, 5) is 10.9. The van der Waals surface area contributed by atoms with Gasteiger partial charge in [-0.25, -0.2) is 9.97 Å². The van der Waals surface area contributed by atoms with Gasteiger partial charge in [-0.2, -0.15) is 0 Å². The van der Waals surface area contributed by atoms with Gasteiger partial charge in [0.25, 0.3) is 0 Å². The second-order valence-electron chi connectivity index (χ2n) is 13.3. The van der Waals surface area contributed by atoms with E-state index in [2.05, 4.69) is 156 Å². The van der Waals surface area contributed by atoms with Gasteiger partial charge in [0.05, 0.1) is 16.7 Å². The van der Waals surface area contributed by atoms with E-state index >= 15 is 0 Å². The second-order valence-corrected chi connectivity index (χ2v) is 14.3. The van der Waals surface area contributed by atoms with E-state index in [1.165, 1.54) is 41.7 Å². The van der Waals surface area contributed by atoms with Gasteiger partial charge >= 0.3 is 0 Å². The van der Waals surface area contributed by atoms with Gasteiger partial charge in [0.15, 0.2) is 5.58 Å². The van der Waals surface area contributed by atoms with Crippen LogP contribution in [0.1, 0.15) is 0 Å². The fourth-order valence-electron chi connectivity index (χ4n) is 8.45. The summed E-state index contributed by atoms with van der Waals surface area (Å²) >= 11 is 1.82. The number of para-hydroxylation sites is 2. The normalized spacial score (nSPS) is 12.3. The highest BCUT2D eigenvalue weighted by Crippen LogP contribution is 2.47. The van der Waals surface area contributed by atoms with Crippen molar-refractivity contribution in [3.05, 3.63) is 152 Å². The lowest BCUT2D eigenvalue weighted by Crippen LogP contribution is -2.03. The maximum absolute atomic E-state index is 6.99. The van der Waals surface area contributed by atoms with Gasteiger partial charge in [0.2, 0.25) is 5.95 Å². The summed E-state index contributed by atoms with van der Waals surface area (Å²) in [6, 6.07) is 53.8. The Morgan fingerprint density at radius 1 is 0.490 bits per heavy atom. The van der Waals surface area contributed by atoms with Crippen LogP contribution in [0.5, 0.6) is 0 Å². The third-order valence-corrected chi connectivity index (χ3v) is 11.8. The molecular formula is C46H25N3OS. The van der Waals surface area contributed by atoms with Crippen LogP contribution in [0.4, 0.5) is 0 Å². The van der Waals surface area contributed by atoms with E-state index < -0.39 is 0 Å². The van der Waals surface area contributed by atoms with Crippen molar-refractivity contribution in [3.8, 4) is 17.2 Å². The average molecular weight is 668 g/mol. The van der Waals surface area contributed by atoms with Crippen LogP contribution in [0.15, 0.2) is 156 Å². The summed E-state index contributed by atoms with van der Waals surface area (Å²) < 4.78 is 11.7. The number of aromatic nitrogens is 3. The molecule has 0 fully saturated rings. The zero-order valence-corrected chi connectivity index (χ0v) is 27.9. The van der Waals surface area contributed by atoms with Crippen LogP contribution in [0.25, 0.3) is 114 Å². The van der Waals surface area contributed by atoms with Crippen molar-refractivity contribution >= 4 is 108 Å². The molecule has 0 saturated carbocycles. The predicted molar refractivity (Wildman–Crippen MR) is 214 cm³/mol. The molecule has 4 nitrogen and oxygen atoms in total. The largest absolute Gasteiger partial charge is 0.454 e. The Kier molecular flexibility index (Phi) is 5.35. The van der Waals surface area contributed by atoms with E-state index in [9.17, 15) is 0 Å². The molecular weight excluding hydrogens is 643 g/mol. The lowest BCUT2D eigenvalue weighted by Gasteiger charge is -2.13. The Morgan fingerprint density at radius 3 is 2.06 bits per heavy atom. The molecule has 4 aromatic heterocycles. The molecule has 0 amide bonds. The number of thiophene rings is 1. The van der Waals surface area contributed by atoms with Crippen molar-refractivity contribution in [1.82, 2.24) is 14.5 Å². The standard InChI is InChI=1S/C46H25N3OS/c1-2-13-27-26(12-1)24-25-37-40(27)41-30-16-4-3-15-29(30)39-33-18-6-9-22-36(33)49(43(39)44(41)50-37)46-47-35-21-8-5-17-32(35)42(48-46)34-20-11-19-31-28-14-7-10-23-38(28)51-45(31)34/h1-25H. The highest BCUT2D eigenvalue weighted by atomic mass is 32.1. The van der Waals surface area contributed by atoms with Crippen LogP contribution in [0.2, 0.25) is 0 Å². The number of rotatable bonds is 2. The predicted octanol–water partition coefficient (Wildman–Crippen LogP) is 13.0. The zero-order chi connectivity index (χ0) is 33.2.